The van der Waals surface area contributed by atoms with E-state index in [1.54, 1.807) is 18.2 Å². The van der Waals surface area contributed by atoms with Crippen LogP contribution in [0.4, 0.5) is 15.8 Å². The SMILES string of the molecule is [2H][C@](Nc1cc(Cl)c2ncc(C#N)c(NC(CCCC#N)c3ccccc3)c2c1)(C1=CN(C2CC2)NN1)c1ccc(F)cc1. The average Bonchev–Trinajstić information content (AvgIpc) is 3.76. The number of nitriles is 2. The lowest BCUT2D eigenvalue weighted by atomic mass is 9.99. The molecule has 8 nitrogen and oxygen atoms in total. The summed E-state index contributed by atoms with van der Waals surface area (Å²) in [7, 11) is 0. The number of nitrogens with one attached hydrogen (secondary N) is 4. The minimum Gasteiger partial charge on any atom is -0.377 e. The third kappa shape index (κ3) is 6.34. The number of nitrogens with zero attached hydrogens (tertiary/aromatic N) is 4. The van der Waals surface area contributed by atoms with E-state index in [9.17, 15) is 11.0 Å². The lowest BCUT2D eigenvalue weighted by Crippen LogP contribution is -2.38. The summed E-state index contributed by atoms with van der Waals surface area (Å²) in [5.74, 6) is -0.399. The summed E-state index contributed by atoms with van der Waals surface area (Å²) >= 11 is 6.80. The predicted molar refractivity (Wildman–Crippen MR) is 166 cm³/mol. The Kier molecular flexibility index (Phi) is 7.91. The van der Waals surface area contributed by atoms with Gasteiger partial charge in [-0.3, -0.25) is 9.99 Å². The zero-order valence-electron chi connectivity index (χ0n) is 24.2. The van der Waals surface area contributed by atoms with Gasteiger partial charge in [-0.1, -0.05) is 54.1 Å². The lowest BCUT2D eigenvalue weighted by Gasteiger charge is -2.24. The van der Waals surface area contributed by atoms with Crippen molar-refractivity contribution in [2.45, 2.75) is 50.2 Å². The maximum absolute atomic E-state index is 13.9. The van der Waals surface area contributed by atoms with Crippen molar-refractivity contribution in [1.29, 1.82) is 10.5 Å². The fourth-order valence-electron chi connectivity index (χ4n) is 5.20. The second kappa shape index (κ2) is 12.6. The number of pyridine rings is 1. The summed E-state index contributed by atoms with van der Waals surface area (Å²) in [6, 6.07) is 22.3. The van der Waals surface area contributed by atoms with E-state index in [0.29, 0.717) is 69.4 Å². The Morgan fingerprint density at radius 1 is 1.09 bits per heavy atom. The van der Waals surface area contributed by atoms with E-state index in [1.165, 1.54) is 18.3 Å². The average molecular weight is 594 g/mol. The van der Waals surface area contributed by atoms with Crippen LogP contribution < -0.4 is 21.6 Å². The Morgan fingerprint density at radius 3 is 2.60 bits per heavy atom. The molecule has 4 aromatic rings. The van der Waals surface area contributed by atoms with Gasteiger partial charge in [0.05, 0.1) is 47.0 Å². The number of anilines is 2. The quantitative estimate of drug-likeness (QED) is 0.135. The first-order valence-electron chi connectivity index (χ1n) is 14.7. The maximum Gasteiger partial charge on any atom is 0.123 e. The number of halogens is 2. The van der Waals surface area contributed by atoms with Crippen molar-refractivity contribution < 1.29 is 5.76 Å². The molecule has 0 spiro atoms. The summed E-state index contributed by atoms with van der Waals surface area (Å²) in [5, 5.41) is 29.0. The van der Waals surface area contributed by atoms with E-state index in [0.717, 1.165) is 18.4 Å². The van der Waals surface area contributed by atoms with Crippen LogP contribution in [-0.2, 0) is 0 Å². The van der Waals surface area contributed by atoms with Crippen LogP contribution in [0.1, 0.15) is 62.2 Å². The Balaban J connectivity index is 1.43. The largest absolute Gasteiger partial charge is 0.377 e. The fourth-order valence-corrected chi connectivity index (χ4v) is 5.47. The number of aromatic nitrogens is 1. The normalized spacial score (nSPS) is 16.7. The van der Waals surface area contributed by atoms with Gasteiger partial charge in [-0.05, 0) is 61.1 Å². The second-order valence-electron chi connectivity index (χ2n) is 10.6. The van der Waals surface area contributed by atoms with E-state index in [1.807, 2.05) is 47.6 Å². The summed E-state index contributed by atoms with van der Waals surface area (Å²) in [6.07, 6.45) is 7.23. The van der Waals surface area contributed by atoms with Crippen molar-refractivity contribution in [2.75, 3.05) is 10.6 Å². The summed E-state index contributed by atoms with van der Waals surface area (Å²) < 4.78 is 23.6. The highest BCUT2D eigenvalue weighted by Crippen LogP contribution is 2.38. The number of fused-ring (bicyclic) bond motifs is 1. The highest BCUT2D eigenvalue weighted by Gasteiger charge is 2.32. The molecule has 1 fully saturated rings. The minimum absolute atomic E-state index is 0.181. The molecule has 1 aromatic heterocycles. The molecular formula is C33H30ClFN8. The first-order chi connectivity index (χ1) is 21.4. The van der Waals surface area contributed by atoms with E-state index in [4.69, 9.17) is 16.9 Å². The molecule has 1 unspecified atom stereocenters. The first-order valence-corrected chi connectivity index (χ1v) is 14.5. The third-order valence-corrected chi connectivity index (χ3v) is 7.83. The Morgan fingerprint density at radius 2 is 1.88 bits per heavy atom. The number of hydrogen-bond acceptors (Lipinski definition) is 8. The van der Waals surface area contributed by atoms with Crippen LogP contribution in [-0.4, -0.2) is 16.0 Å². The monoisotopic (exact) mass is 593 g/mol. The van der Waals surface area contributed by atoms with Crippen molar-refractivity contribution >= 4 is 33.9 Å². The molecule has 3 aromatic carbocycles. The van der Waals surface area contributed by atoms with Gasteiger partial charge in [-0.2, -0.15) is 10.5 Å². The van der Waals surface area contributed by atoms with E-state index in [2.05, 4.69) is 38.7 Å². The van der Waals surface area contributed by atoms with Crippen LogP contribution in [0.5, 0.6) is 0 Å². The molecule has 0 radical (unpaired) electrons. The van der Waals surface area contributed by atoms with Gasteiger partial charge in [-0.25, -0.2) is 4.39 Å². The third-order valence-electron chi connectivity index (χ3n) is 7.55. The molecule has 4 N–H and O–H groups in total. The van der Waals surface area contributed by atoms with Gasteiger partial charge in [0.1, 0.15) is 11.9 Å². The standard InChI is InChI=1S/C33H30ClFN8/c34-28-17-25(39-32(22-9-11-24(35)12-10-22)30-20-43(42-41-30)26-13-14-26)16-27-31(23(18-37)19-38-33(27)28)40-29(8-4-5-15-36)21-6-2-1-3-7-21/h1-3,6-7,9-12,16-17,19-20,26,29,32,39,41-42H,4-5,8,13-14H2,(H,38,40)/t29?,32-/m1/s1/i32D. The zero-order valence-corrected chi connectivity index (χ0v) is 24.0. The van der Waals surface area contributed by atoms with Gasteiger partial charge in [0.25, 0.3) is 0 Å². The van der Waals surface area contributed by atoms with Crippen molar-refractivity contribution in [3.8, 4) is 12.1 Å². The zero-order chi connectivity index (χ0) is 30.7. The highest BCUT2D eigenvalue weighted by atomic mass is 35.5. The summed E-state index contributed by atoms with van der Waals surface area (Å²) in [5.41, 5.74) is 10.2. The Hall–Kier alpha value is -4.83. The molecule has 10 heteroatoms. The predicted octanol–water partition coefficient (Wildman–Crippen LogP) is 7.23. The molecule has 1 aliphatic carbocycles. The first kappa shape index (κ1) is 27.0. The highest BCUT2D eigenvalue weighted by molar-refractivity contribution is 6.35. The number of hydrazine groups is 2. The minimum atomic E-state index is -1.56. The molecule has 43 heavy (non-hydrogen) atoms. The molecular weight excluding hydrogens is 563 g/mol. The van der Waals surface area contributed by atoms with Gasteiger partial charge in [-0.15, -0.1) is 5.53 Å². The van der Waals surface area contributed by atoms with E-state index >= 15 is 0 Å². The van der Waals surface area contributed by atoms with Gasteiger partial charge >= 0.3 is 0 Å². The maximum atomic E-state index is 13.9. The molecule has 2 atom stereocenters. The molecule has 1 saturated carbocycles. The summed E-state index contributed by atoms with van der Waals surface area (Å²) in [6.45, 7) is 0. The molecule has 1 aliphatic heterocycles. The smallest absolute Gasteiger partial charge is 0.123 e. The number of hydrogen-bond donors (Lipinski definition) is 4. The van der Waals surface area contributed by atoms with Gasteiger partial charge < -0.3 is 16.1 Å². The van der Waals surface area contributed by atoms with E-state index in [-0.39, 0.29) is 6.04 Å². The van der Waals surface area contributed by atoms with Crippen molar-refractivity contribution in [1.82, 2.24) is 21.0 Å². The van der Waals surface area contributed by atoms with Crippen molar-refractivity contribution in [3.05, 3.63) is 112 Å². The molecule has 216 valence electrons. The lowest BCUT2D eigenvalue weighted by molar-refractivity contribution is 0.260. The molecule has 0 saturated heterocycles. The molecule has 2 heterocycles. The topological polar surface area (TPSA) is 112 Å². The Labute approximate surface area is 256 Å². The van der Waals surface area contributed by atoms with Gasteiger partial charge in [0.15, 0.2) is 0 Å². The van der Waals surface area contributed by atoms with Crippen LogP contribution >= 0.6 is 11.6 Å². The van der Waals surface area contributed by atoms with Gasteiger partial charge in [0.2, 0.25) is 0 Å². The second-order valence-corrected chi connectivity index (χ2v) is 11.0. The fraction of sp³-hybridized carbons (Fsp3) is 0.242. The molecule has 6 rings (SSSR count). The number of benzene rings is 3. The summed E-state index contributed by atoms with van der Waals surface area (Å²) in [4.78, 5) is 4.49. The number of unbranched alkanes of at least 4 members (excludes halogenated alkanes) is 1. The van der Waals surface area contributed by atoms with Gasteiger partial charge in [0, 0.05) is 35.9 Å². The van der Waals surface area contributed by atoms with Crippen LogP contribution in [0.15, 0.2) is 84.8 Å². The molecule has 2 aliphatic rings. The molecule has 0 bridgehead atoms. The van der Waals surface area contributed by atoms with Crippen LogP contribution in [0, 0.1) is 28.5 Å². The van der Waals surface area contributed by atoms with Crippen molar-refractivity contribution in [2.24, 2.45) is 0 Å². The van der Waals surface area contributed by atoms with Crippen LogP contribution in [0.3, 0.4) is 0 Å². The Bertz CT molecular complexity index is 1780. The van der Waals surface area contributed by atoms with Crippen molar-refractivity contribution in [3.63, 3.8) is 0 Å². The van der Waals surface area contributed by atoms with Crippen LogP contribution in [0.2, 0.25) is 5.02 Å². The number of rotatable bonds is 11. The van der Waals surface area contributed by atoms with E-state index < -0.39 is 11.8 Å². The van der Waals surface area contributed by atoms with Crippen LogP contribution in [0.25, 0.3) is 10.9 Å². The molecule has 0 amide bonds.